The van der Waals surface area contributed by atoms with Crippen molar-refractivity contribution >= 4 is 17.6 Å². The van der Waals surface area contributed by atoms with Crippen LogP contribution in [0, 0.1) is 5.82 Å². The molecule has 0 fully saturated rings. The number of aromatic amines is 1. The highest BCUT2D eigenvalue weighted by molar-refractivity contribution is 5.97. The predicted octanol–water partition coefficient (Wildman–Crippen LogP) is 3.82. The molecule has 0 bridgehead atoms. The van der Waals surface area contributed by atoms with Gasteiger partial charge in [-0.3, -0.25) is 4.79 Å². The third kappa shape index (κ3) is 5.91. The van der Waals surface area contributed by atoms with E-state index in [1.54, 1.807) is 36.7 Å². The van der Waals surface area contributed by atoms with Gasteiger partial charge < -0.3 is 20.9 Å². The zero-order valence-corrected chi connectivity index (χ0v) is 16.6. The number of anilines is 1. The second-order valence-corrected chi connectivity index (χ2v) is 6.80. The first-order chi connectivity index (χ1) is 14.5. The number of urea groups is 1. The molecule has 4 N–H and O–H groups in total. The van der Waals surface area contributed by atoms with Crippen molar-refractivity contribution in [2.45, 2.75) is 32.4 Å². The lowest BCUT2D eigenvalue weighted by atomic mass is 10.1. The Hall–Kier alpha value is -3.68. The maximum Gasteiger partial charge on any atom is 0.315 e. The van der Waals surface area contributed by atoms with E-state index in [1.807, 2.05) is 19.1 Å². The van der Waals surface area contributed by atoms with Crippen molar-refractivity contribution < 1.29 is 14.0 Å². The quantitative estimate of drug-likeness (QED) is 0.455. The van der Waals surface area contributed by atoms with Crippen LogP contribution < -0.4 is 16.0 Å². The summed E-state index contributed by atoms with van der Waals surface area (Å²) in [7, 11) is 0. The lowest BCUT2D eigenvalue weighted by Crippen LogP contribution is -2.47. The van der Waals surface area contributed by atoms with Gasteiger partial charge in [-0.2, -0.15) is 0 Å². The van der Waals surface area contributed by atoms with Crippen molar-refractivity contribution in [2.75, 3.05) is 5.32 Å². The molecule has 1 aromatic heterocycles. The zero-order valence-electron chi connectivity index (χ0n) is 16.6. The number of rotatable bonds is 8. The number of benzene rings is 2. The van der Waals surface area contributed by atoms with Crippen LogP contribution in [0.5, 0.6) is 0 Å². The number of nitrogens with one attached hydrogen (secondary N) is 4. The van der Waals surface area contributed by atoms with Crippen LogP contribution >= 0.6 is 0 Å². The Morgan fingerprint density at radius 3 is 2.47 bits per heavy atom. The molecular formula is C22H24FN5O2. The number of carbonyl (C=O) groups is 2. The van der Waals surface area contributed by atoms with Gasteiger partial charge in [0.15, 0.2) is 0 Å². The Labute approximate surface area is 174 Å². The first-order valence-corrected chi connectivity index (χ1v) is 9.74. The Morgan fingerprint density at radius 2 is 1.83 bits per heavy atom. The predicted molar refractivity (Wildman–Crippen MR) is 113 cm³/mol. The molecule has 0 aliphatic rings. The van der Waals surface area contributed by atoms with E-state index in [0.717, 1.165) is 23.4 Å². The van der Waals surface area contributed by atoms with E-state index >= 15 is 0 Å². The summed E-state index contributed by atoms with van der Waals surface area (Å²) < 4.78 is 13.0. The monoisotopic (exact) mass is 409 g/mol. The van der Waals surface area contributed by atoms with Crippen LogP contribution in [0.1, 0.15) is 25.3 Å². The summed E-state index contributed by atoms with van der Waals surface area (Å²) in [5.74, 6) is 0.121. The Morgan fingerprint density at radius 1 is 1.10 bits per heavy atom. The van der Waals surface area contributed by atoms with E-state index in [4.69, 9.17) is 0 Å². The fourth-order valence-corrected chi connectivity index (χ4v) is 2.92. The summed E-state index contributed by atoms with van der Waals surface area (Å²) in [6.07, 6.45) is 4.65. The Bertz CT molecular complexity index is 956. The van der Waals surface area contributed by atoms with E-state index < -0.39 is 12.1 Å². The molecule has 1 atom stereocenters. The minimum atomic E-state index is -0.673. The third-order valence-corrected chi connectivity index (χ3v) is 4.49. The van der Waals surface area contributed by atoms with E-state index in [2.05, 4.69) is 25.9 Å². The minimum absolute atomic E-state index is 0.237. The summed E-state index contributed by atoms with van der Waals surface area (Å²) in [6.45, 7) is 2.18. The standard InChI is InChI=1S/C22H24FN5O2/c1-2-3-19(28-22(30)26-14-15-4-8-17(23)9-5-15)21(29)27-18-10-6-16(7-11-18)20-24-12-13-25-20/h4-13,19H,2-3,14H2,1H3,(H,24,25)(H,27,29)(H2,26,28,30). The van der Waals surface area contributed by atoms with Crippen molar-refractivity contribution in [1.29, 1.82) is 0 Å². The van der Waals surface area contributed by atoms with Crippen molar-refractivity contribution in [2.24, 2.45) is 0 Å². The van der Waals surface area contributed by atoms with Gasteiger partial charge in [-0.25, -0.2) is 14.2 Å². The summed E-state index contributed by atoms with van der Waals surface area (Å²) >= 11 is 0. The van der Waals surface area contributed by atoms with Gasteiger partial charge in [-0.1, -0.05) is 25.5 Å². The average Bonchev–Trinajstić information content (AvgIpc) is 3.28. The topological polar surface area (TPSA) is 98.9 Å². The van der Waals surface area contributed by atoms with Gasteiger partial charge in [0, 0.05) is 30.2 Å². The Balaban J connectivity index is 1.54. The highest BCUT2D eigenvalue weighted by Crippen LogP contribution is 2.18. The van der Waals surface area contributed by atoms with E-state index in [9.17, 15) is 14.0 Å². The maximum absolute atomic E-state index is 13.0. The zero-order chi connectivity index (χ0) is 21.3. The van der Waals surface area contributed by atoms with Crippen LogP contribution in [-0.4, -0.2) is 27.9 Å². The van der Waals surface area contributed by atoms with Gasteiger partial charge in [-0.15, -0.1) is 0 Å². The molecular weight excluding hydrogens is 385 g/mol. The van der Waals surface area contributed by atoms with Gasteiger partial charge >= 0.3 is 6.03 Å². The number of imidazole rings is 1. The van der Waals surface area contributed by atoms with E-state index in [0.29, 0.717) is 12.1 Å². The normalized spacial score (nSPS) is 11.5. The SMILES string of the molecule is CCCC(NC(=O)NCc1ccc(F)cc1)C(=O)Nc1ccc(-c2ncc[nH]2)cc1. The summed E-state index contributed by atoms with van der Waals surface area (Å²) in [5, 5.41) is 8.22. The average molecular weight is 409 g/mol. The number of hydrogen-bond acceptors (Lipinski definition) is 3. The van der Waals surface area contributed by atoms with Crippen LogP contribution in [0.25, 0.3) is 11.4 Å². The molecule has 3 rings (SSSR count). The highest BCUT2D eigenvalue weighted by Gasteiger charge is 2.20. The largest absolute Gasteiger partial charge is 0.345 e. The maximum atomic E-state index is 13.0. The van der Waals surface area contributed by atoms with Crippen LogP contribution in [0.2, 0.25) is 0 Å². The highest BCUT2D eigenvalue weighted by atomic mass is 19.1. The van der Waals surface area contributed by atoms with Crippen molar-refractivity contribution in [3.63, 3.8) is 0 Å². The molecule has 7 nitrogen and oxygen atoms in total. The number of aromatic nitrogens is 2. The lowest BCUT2D eigenvalue weighted by Gasteiger charge is -2.18. The Kier molecular flexibility index (Phi) is 7.15. The van der Waals surface area contributed by atoms with E-state index in [-0.39, 0.29) is 18.3 Å². The van der Waals surface area contributed by atoms with Gasteiger partial charge in [0.25, 0.3) is 0 Å². The molecule has 2 aromatic carbocycles. The molecule has 1 heterocycles. The molecule has 0 spiro atoms. The van der Waals surface area contributed by atoms with Gasteiger partial charge in [0.2, 0.25) is 5.91 Å². The van der Waals surface area contributed by atoms with E-state index in [1.165, 1.54) is 12.1 Å². The molecule has 3 aromatic rings. The number of amides is 3. The van der Waals surface area contributed by atoms with Crippen LogP contribution in [0.3, 0.4) is 0 Å². The molecule has 1 unspecified atom stereocenters. The molecule has 0 aliphatic carbocycles. The number of nitrogens with zero attached hydrogens (tertiary/aromatic N) is 1. The second-order valence-electron chi connectivity index (χ2n) is 6.80. The molecule has 0 radical (unpaired) electrons. The molecule has 0 saturated carbocycles. The molecule has 3 amide bonds. The minimum Gasteiger partial charge on any atom is -0.345 e. The fourth-order valence-electron chi connectivity index (χ4n) is 2.92. The van der Waals surface area contributed by atoms with Gasteiger partial charge in [0.1, 0.15) is 17.7 Å². The number of H-pyrrole nitrogens is 1. The number of hydrogen-bond donors (Lipinski definition) is 4. The first-order valence-electron chi connectivity index (χ1n) is 9.74. The fraction of sp³-hybridized carbons (Fsp3) is 0.227. The molecule has 0 aliphatic heterocycles. The van der Waals surface area contributed by atoms with Crippen molar-refractivity contribution in [1.82, 2.24) is 20.6 Å². The summed E-state index contributed by atoms with van der Waals surface area (Å²) in [6, 6.07) is 12.0. The summed E-state index contributed by atoms with van der Waals surface area (Å²) in [5.41, 5.74) is 2.30. The summed E-state index contributed by atoms with van der Waals surface area (Å²) in [4.78, 5) is 32.1. The third-order valence-electron chi connectivity index (χ3n) is 4.49. The molecule has 8 heteroatoms. The molecule has 30 heavy (non-hydrogen) atoms. The van der Waals surface area contributed by atoms with Gasteiger partial charge in [0.05, 0.1) is 0 Å². The van der Waals surface area contributed by atoms with Crippen molar-refractivity contribution in [3.8, 4) is 11.4 Å². The van der Waals surface area contributed by atoms with Crippen LogP contribution in [-0.2, 0) is 11.3 Å². The lowest BCUT2D eigenvalue weighted by molar-refractivity contribution is -0.118. The van der Waals surface area contributed by atoms with Crippen LogP contribution in [0.4, 0.5) is 14.9 Å². The smallest absolute Gasteiger partial charge is 0.315 e. The van der Waals surface area contributed by atoms with Crippen molar-refractivity contribution in [3.05, 3.63) is 72.3 Å². The first kappa shape index (κ1) is 21.0. The van der Waals surface area contributed by atoms with Gasteiger partial charge in [-0.05, 0) is 48.4 Å². The van der Waals surface area contributed by atoms with Crippen LogP contribution in [0.15, 0.2) is 60.9 Å². The number of carbonyl (C=O) groups excluding carboxylic acids is 2. The number of halogens is 1. The molecule has 156 valence electrons. The molecule has 0 saturated heterocycles. The second kappa shape index (κ2) is 10.2.